The number of benzene rings is 1. The topological polar surface area (TPSA) is 75.6 Å². The van der Waals surface area contributed by atoms with Crippen molar-refractivity contribution in [3.8, 4) is 0 Å². The summed E-state index contributed by atoms with van der Waals surface area (Å²) in [5, 5.41) is 9.95. The molecule has 2 rings (SSSR count). The fraction of sp³-hybridized carbons (Fsp3) is 0.500. The monoisotopic (exact) mass is 323 g/mol. The summed E-state index contributed by atoms with van der Waals surface area (Å²) in [4.78, 5) is -0.542. The minimum Gasteiger partial charge on any atom is -0.386 e. The third-order valence-corrected chi connectivity index (χ3v) is 5.14. The summed E-state index contributed by atoms with van der Waals surface area (Å²) in [6, 6.07) is 3.72. The molecule has 0 saturated carbocycles. The highest BCUT2D eigenvalue weighted by Gasteiger charge is 2.40. The largest absolute Gasteiger partial charge is 0.386 e. The van der Waals surface area contributed by atoms with Crippen LogP contribution in [0, 0.1) is 5.82 Å². The third kappa shape index (κ3) is 2.96. The zero-order valence-electron chi connectivity index (χ0n) is 10.8. The zero-order valence-corrected chi connectivity index (χ0v) is 12.3. The highest BCUT2D eigenvalue weighted by molar-refractivity contribution is 7.89. The van der Waals surface area contributed by atoms with Gasteiger partial charge in [-0.2, -0.15) is 0 Å². The van der Waals surface area contributed by atoms with Crippen LogP contribution in [0.15, 0.2) is 23.1 Å². The molecular formula is C12H15ClFNO4S. The van der Waals surface area contributed by atoms with E-state index in [1.807, 2.05) is 0 Å². The molecule has 1 fully saturated rings. The molecule has 2 atom stereocenters. The molecule has 1 aromatic carbocycles. The molecule has 0 spiro atoms. The van der Waals surface area contributed by atoms with Crippen molar-refractivity contribution in [1.82, 2.24) is 4.72 Å². The first-order valence-electron chi connectivity index (χ1n) is 6.04. The van der Waals surface area contributed by atoms with Crippen molar-refractivity contribution in [2.75, 3.05) is 13.2 Å². The van der Waals surface area contributed by atoms with Gasteiger partial charge in [0, 0.05) is 19.6 Å². The van der Waals surface area contributed by atoms with Crippen LogP contribution in [0.3, 0.4) is 0 Å². The van der Waals surface area contributed by atoms with E-state index in [0.29, 0.717) is 13.0 Å². The normalized spacial score (nSPS) is 26.9. The Morgan fingerprint density at radius 1 is 1.60 bits per heavy atom. The number of rotatable bonds is 4. The molecule has 1 heterocycles. The molecule has 0 aliphatic carbocycles. The Hall–Kier alpha value is -0.730. The van der Waals surface area contributed by atoms with Crippen LogP contribution in [-0.2, 0) is 14.8 Å². The van der Waals surface area contributed by atoms with E-state index in [4.69, 9.17) is 16.3 Å². The Labute approximate surface area is 121 Å². The summed E-state index contributed by atoms with van der Waals surface area (Å²) in [6.45, 7) is 1.76. The first-order chi connectivity index (χ1) is 9.26. The number of nitrogens with one attached hydrogen (secondary N) is 1. The predicted molar refractivity (Wildman–Crippen MR) is 71.6 cm³/mol. The fourth-order valence-corrected chi connectivity index (χ4v) is 3.42. The fourth-order valence-electron chi connectivity index (χ4n) is 1.99. The Morgan fingerprint density at radius 3 is 2.90 bits per heavy atom. The highest BCUT2D eigenvalue weighted by atomic mass is 35.5. The van der Waals surface area contributed by atoms with Crippen molar-refractivity contribution < 1.29 is 22.7 Å². The van der Waals surface area contributed by atoms with Crippen LogP contribution in [0.25, 0.3) is 0 Å². The van der Waals surface area contributed by atoms with Crippen molar-refractivity contribution in [2.45, 2.75) is 29.9 Å². The lowest BCUT2D eigenvalue weighted by molar-refractivity contribution is -0.0228. The highest BCUT2D eigenvalue weighted by Crippen LogP contribution is 2.26. The summed E-state index contributed by atoms with van der Waals surface area (Å²) in [5.41, 5.74) is -1.29. The minimum absolute atomic E-state index is 0.248. The molecule has 0 bridgehead atoms. The Balaban J connectivity index is 2.18. The van der Waals surface area contributed by atoms with E-state index >= 15 is 0 Å². The van der Waals surface area contributed by atoms with Gasteiger partial charge in [0.15, 0.2) is 5.82 Å². The molecular weight excluding hydrogens is 309 g/mol. The maximum atomic E-state index is 13.7. The summed E-state index contributed by atoms with van der Waals surface area (Å²) in [7, 11) is -4.09. The maximum Gasteiger partial charge on any atom is 0.243 e. The van der Waals surface area contributed by atoms with Crippen LogP contribution in [-0.4, -0.2) is 38.4 Å². The van der Waals surface area contributed by atoms with E-state index in [-0.39, 0.29) is 11.6 Å². The summed E-state index contributed by atoms with van der Waals surface area (Å²) >= 11 is 5.56. The molecule has 0 amide bonds. The van der Waals surface area contributed by atoms with E-state index in [9.17, 15) is 17.9 Å². The van der Waals surface area contributed by atoms with Gasteiger partial charge in [-0.05, 0) is 19.1 Å². The van der Waals surface area contributed by atoms with E-state index < -0.39 is 32.4 Å². The Morgan fingerprint density at radius 2 is 2.30 bits per heavy atom. The van der Waals surface area contributed by atoms with Crippen LogP contribution in [0.4, 0.5) is 4.39 Å². The maximum absolute atomic E-state index is 13.7. The Kier molecular flexibility index (Phi) is 4.36. The molecule has 1 aliphatic rings. The van der Waals surface area contributed by atoms with E-state index in [2.05, 4.69) is 4.72 Å². The average molecular weight is 324 g/mol. The van der Waals surface area contributed by atoms with Gasteiger partial charge < -0.3 is 9.84 Å². The van der Waals surface area contributed by atoms with Crippen LogP contribution in [0.1, 0.15) is 13.3 Å². The van der Waals surface area contributed by atoms with Gasteiger partial charge in [-0.3, -0.25) is 0 Å². The molecule has 1 aromatic rings. The van der Waals surface area contributed by atoms with Gasteiger partial charge in [-0.1, -0.05) is 17.7 Å². The average Bonchev–Trinajstić information content (AvgIpc) is 2.71. The van der Waals surface area contributed by atoms with Crippen LogP contribution in [0.2, 0.25) is 5.02 Å². The molecule has 2 N–H and O–H groups in total. The van der Waals surface area contributed by atoms with Crippen molar-refractivity contribution in [2.24, 2.45) is 0 Å². The number of hydrogen-bond acceptors (Lipinski definition) is 4. The van der Waals surface area contributed by atoms with E-state index in [0.717, 1.165) is 6.07 Å². The standard InChI is InChI=1S/C12H15ClFNO4S/c1-8-12(16,5-6-19-8)7-15-20(17,18)10-4-2-3-9(13)11(10)14/h2-4,8,15-16H,5-7H2,1H3. The summed E-state index contributed by atoms with van der Waals surface area (Å²) in [6.07, 6.45) is -0.177. The molecule has 112 valence electrons. The number of sulfonamides is 1. The second kappa shape index (κ2) is 5.57. The van der Waals surface area contributed by atoms with Crippen LogP contribution >= 0.6 is 11.6 Å². The third-order valence-electron chi connectivity index (χ3n) is 3.43. The smallest absolute Gasteiger partial charge is 0.243 e. The first kappa shape index (κ1) is 15.7. The molecule has 0 radical (unpaired) electrons. The number of aliphatic hydroxyl groups is 1. The van der Waals surface area contributed by atoms with Gasteiger partial charge in [0.25, 0.3) is 0 Å². The summed E-state index contributed by atoms with van der Waals surface area (Å²) < 4.78 is 45.2. The van der Waals surface area contributed by atoms with Gasteiger partial charge in [0.1, 0.15) is 10.5 Å². The van der Waals surface area contributed by atoms with Crippen molar-refractivity contribution in [1.29, 1.82) is 0 Å². The van der Waals surface area contributed by atoms with Gasteiger partial charge in [0.2, 0.25) is 10.0 Å². The molecule has 20 heavy (non-hydrogen) atoms. The van der Waals surface area contributed by atoms with Crippen molar-refractivity contribution in [3.63, 3.8) is 0 Å². The van der Waals surface area contributed by atoms with Gasteiger partial charge >= 0.3 is 0 Å². The predicted octanol–water partition coefficient (Wildman–Crippen LogP) is 1.30. The Bertz CT molecular complexity index is 609. The lowest BCUT2D eigenvalue weighted by Gasteiger charge is -2.26. The van der Waals surface area contributed by atoms with Gasteiger partial charge in [-0.25, -0.2) is 17.5 Å². The second-order valence-electron chi connectivity index (χ2n) is 4.74. The molecule has 1 aliphatic heterocycles. The van der Waals surface area contributed by atoms with E-state index in [1.54, 1.807) is 6.92 Å². The van der Waals surface area contributed by atoms with Crippen molar-refractivity contribution >= 4 is 21.6 Å². The molecule has 2 unspecified atom stereocenters. The number of hydrogen-bond donors (Lipinski definition) is 2. The van der Waals surface area contributed by atoms with Crippen LogP contribution in [0.5, 0.6) is 0 Å². The SMILES string of the molecule is CC1OCCC1(O)CNS(=O)(=O)c1cccc(Cl)c1F. The second-order valence-corrected chi connectivity index (χ2v) is 6.89. The number of halogens is 2. The molecule has 1 saturated heterocycles. The summed E-state index contributed by atoms with van der Waals surface area (Å²) in [5.74, 6) is -1.01. The van der Waals surface area contributed by atoms with E-state index in [1.165, 1.54) is 12.1 Å². The molecule has 8 heteroatoms. The molecule has 0 aromatic heterocycles. The first-order valence-corrected chi connectivity index (χ1v) is 7.90. The zero-order chi connectivity index (χ0) is 15.0. The van der Waals surface area contributed by atoms with Crippen LogP contribution < -0.4 is 4.72 Å². The lowest BCUT2D eigenvalue weighted by Crippen LogP contribution is -2.47. The van der Waals surface area contributed by atoms with Crippen molar-refractivity contribution in [3.05, 3.63) is 29.0 Å². The molecule has 5 nitrogen and oxygen atoms in total. The quantitative estimate of drug-likeness (QED) is 0.875. The number of ether oxygens (including phenoxy) is 1. The minimum atomic E-state index is -4.09. The lowest BCUT2D eigenvalue weighted by atomic mass is 9.97. The van der Waals surface area contributed by atoms with Gasteiger partial charge in [0.05, 0.1) is 11.1 Å². The van der Waals surface area contributed by atoms with Gasteiger partial charge in [-0.15, -0.1) is 0 Å².